The van der Waals surface area contributed by atoms with Crippen molar-refractivity contribution in [2.24, 2.45) is 0 Å². The lowest BCUT2D eigenvalue weighted by Gasteiger charge is -2.30. The zero-order valence-electron chi connectivity index (χ0n) is 22.9. The fourth-order valence-corrected chi connectivity index (χ4v) is 4.71. The number of nitrogens with zero attached hydrogens (tertiary/aromatic N) is 1. The van der Waals surface area contributed by atoms with Crippen LogP contribution in [0.15, 0.2) is 72.8 Å². The Morgan fingerprint density at radius 3 is 2.64 bits per heavy atom. The van der Waals surface area contributed by atoms with Gasteiger partial charge in [-0.05, 0) is 79.6 Å². The van der Waals surface area contributed by atoms with E-state index in [1.54, 1.807) is 4.90 Å². The molecule has 4 rings (SSSR count). The summed E-state index contributed by atoms with van der Waals surface area (Å²) in [5.41, 5.74) is 4.05. The molecule has 0 unspecified atom stereocenters. The molecule has 206 valence electrons. The second kappa shape index (κ2) is 14.2. The van der Waals surface area contributed by atoms with Gasteiger partial charge >= 0.3 is 0 Å². The lowest BCUT2D eigenvalue weighted by atomic mass is 10.1. The van der Waals surface area contributed by atoms with E-state index >= 15 is 0 Å². The van der Waals surface area contributed by atoms with Crippen molar-refractivity contribution in [3.05, 3.63) is 89.5 Å². The van der Waals surface area contributed by atoms with Crippen LogP contribution in [-0.4, -0.2) is 42.5 Å². The van der Waals surface area contributed by atoms with E-state index < -0.39 is 6.04 Å². The van der Waals surface area contributed by atoms with Crippen LogP contribution in [0.1, 0.15) is 49.3 Å². The van der Waals surface area contributed by atoms with Gasteiger partial charge in [0.05, 0.1) is 6.61 Å². The zero-order valence-corrected chi connectivity index (χ0v) is 22.9. The Kier molecular flexibility index (Phi) is 10.2. The van der Waals surface area contributed by atoms with Gasteiger partial charge < -0.3 is 25.0 Å². The van der Waals surface area contributed by atoms with Gasteiger partial charge in [-0.25, -0.2) is 0 Å². The van der Waals surface area contributed by atoms with E-state index in [-0.39, 0.29) is 18.4 Å². The molecule has 0 aromatic heterocycles. The molecule has 0 radical (unpaired) electrons. The second-order valence-corrected chi connectivity index (χ2v) is 9.93. The summed E-state index contributed by atoms with van der Waals surface area (Å²) in [5, 5.41) is 6.36. The van der Waals surface area contributed by atoms with E-state index in [0.717, 1.165) is 47.4 Å². The highest BCUT2D eigenvalue weighted by Gasteiger charge is 2.31. The molecule has 3 aromatic rings. The summed E-state index contributed by atoms with van der Waals surface area (Å²) in [6.07, 6.45) is 3.36. The number of amides is 2. The minimum Gasteiger partial charge on any atom is -0.493 e. The van der Waals surface area contributed by atoms with Gasteiger partial charge in [0.25, 0.3) is 5.91 Å². The third-order valence-corrected chi connectivity index (χ3v) is 6.79. The molecule has 1 saturated heterocycles. The number of rotatable bonds is 12. The highest BCUT2D eigenvalue weighted by atomic mass is 16.5. The molecule has 7 nitrogen and oxygen atoms in total. The smallest absolute Gasteiger partial charge is 0.261 e. The number of hydrogen-bond acceptors (Lipinski definition) is 5. The third-order valence-electron chi connectivity index (χ3n) is 6.79. The number of anilines is 1. The first-order valence-electron chi connectivity index (χ1n) is 13.8. The van der Waals surface area contributed by atoms with Gasteiger partial charge in [0.1, 0.15) is 17.5 Å². The summed E-state index contributed by atoms with van der Waals surface area (Å²) in [6.45, 7) is 6.20. The molecule has 1 fully saturated rings. The Hall–Kier alpha value is -4.00. The number of ether oxygens (including phenoxy) is 2. The number of para-hydroxylation sites is 1. The van der Waals surface area contributed by atoms with E-state index in [0.29, 0.717) is 38.4 Å². The van der Waals surface area contributed by atoms with Crippen LogP contribution in [0.3, 0.4) is 0 Å². The molecule has 1 aliphatic rings. The van der Waals surface area contributed by atoms with Gasteiger partial charge in [-0.2, -0.15) is 0 Å². The first-order chi connectivity index (χ1) is 19.0. The van der Waals surface area contributed by atoms with E-state index in [2.05, 4.69) is 17.6 Å². The van der Waals surface area contributed by atoms with Crippen molar-refractivity contribution in [3.8, 4) is 11.5 Å². The maximum absolute atomic E-state index is 13.6. The monoisotopic (exact) mass is 529 g/mol. The lowest BCUT2D eigenvalue weighted by molar-refractivity contribution is -0.142. The highest BCUT2D eigenvalue weighted by Crippen LogP contribution is 2.23. The average molecular weight is 530 g/mol. The quantitative estimate of drug-likeness (QED) is 0.325. The van der Waals surface area contributed by atoms with Gasteiger partial charge in [-0.15, -0.1) is 0 Å². The fraction of sp³-hybridized carbons (Fsp3) is 0.375. The number of aryl methyl sites for hydroxylation is 1. The molecule has 0 saturated carbocycles. The van der Waals surface area contributed by atoms with Crippen LogP contribution in [0.25, 0.3) is 0 Å². The normalized spacial score (nSPS) is 15.1. The number of hydrogen-bond donors (Lipinski definition) is 2. The van der Waals surface area contributed by atoms with Crippen molar-refractivity contribution in [2.75, 3.05) is 25.1 Å². The van der Waals surface area contributed by atoms with E-state index in [4.69, 9.17) is 9.47 Å². The first kappa shape index (κ1) is 28.0. The molecular formula is C32H39N3O4. The minimum absolute atomic E-state index is 0.102. The fourth-order valence-electron chi connectivity index (χ4n) is 4.71. The summed E-state index contributed by atoms with van der Waals surface area (Å²) in [4.78, 5) is 28.1. The molecule has 2 amide bonds. The molecule has 39 heavy (non-hydrogen) atoms. The molecule has 1 atom stereocenters. The summed E-state index contributed by atoms with van der Waals surface area (Å²) < 4.78 is 11.8. The summed E-state index contributed by atoms with van der Waals surface area (Å²) in [5.74, 6) is 1.15. The maximum atomic E-state index is 13.6. The Morgan fingerprint density at radius 2 is 1.85 bits per heavy atom. The molecule has 1 heterocycles. The molecule has 0 aliphatic carbocycles. The van der Waals surface area contributed by atoms with Crippen LogP contribution in [-0.2, 0) is 22.7 Å². The van der Waals surface area contributed by atoms with Crippen LogP contribution < -0.4 is 20.1 Å². The van der Waals surface area contributed by atoms with Crippen molar-refractivity contribution >= 4 is 17.5 Å². The van der Waals surface area contributed by atoms with Gasteiger partial charge in [-0.3, -0.25) is 9.59 Å². The molecule has 0 spiro atoms. The number of nitrogens with one attached hydrogen (secondary N) is 2. The van der Waals surface area contributed by atoms with Crippen LogP contribution in [0, 0.1) is 6.92 Å². The summed E-state index contributed by atoms with van der Waals surface area (Å²) >= 11 is 0. The Balaban J connectivity index is 1.44. The van der Waals surface area contributed by atoms with Gasteiger partial charge in [0, 0.05) is 25.3 Å². The minimum atomic E-state index is -0.527. The van der Waals surface area contributed by atoms with Crippen molar-refractivity contribution in [1.29, 1.82) is 0 Å². The van der Waals surface area contributed by atoms with Crippen molar-refractivity contribution < 1.29 is 19.1 Å². The zero-order chi connectivity index (χ0) is 27.5. The Morgan fingerprint density at radius 1 is 1.00 bits per heavy atom. The molecule has 2 N–H and O–H groups in total. The molecule has 0 bridgehead atoms. The largest absolute Gasteiger partial charge is 0.493 e. The lowest BCUT2D eigenvalue weighted by Crippen LogP contribution is -2.49. The highest BCUT2D eigenvalue weighted by molar-refractivity contribution is 5.88. The van der Waals surface area contributed by atoms with Crippen LogP contribution in [0.2, 0.25) is 0 Å². The van der Waals surface area contributed by atoms with E-state index in [1.165, 1.54) is 0 Å². The van der Waals surface area contributed by atoms with Gasteiger partial charge in [-0.1, -0.05) is 49.4 Å². The van der Waals surface area contributed by atoms with Crippen LogP contribution >= 0.6 is 0 Å². The van der Waals surface area contributed by atoms with Gasteiger partial charge in [0.2, 0.25) is 5.91 Å². The van der Waals surface area contributed by atoms with Crippen molar-refractivity contribution in [1.82, 2.24) is 10.2 Å². The Labute approximate surface area is 231 Å². The van der Waals surface area contributed by atoms with Gasteiger partial charge in [0.15, 0.2) is 6.61 Å². The first-order valence-corrected chi connectivity index (χ1v) is 13.8. The number of carbonyl (C=O) groups is 2. The third kappa shape index (κ3) is 8.24. The van der Waals surface area contributed by atoms with Crippen LogP contribution in [0.5, 0.6) is 11.5 Å². The van der Waals surface area contributed by atoms with Crippen molar-refractivity contribution in [2.45, 2.75) is 58.7 Å². The molecular weight excluding hydrogens is 490 g/mol. The van der Waals surface area contributed by atoms with Crippen molar-refractivity contribution in [3.63, 3.8) is 0 Å². The standard InChI is InChI=1S/C32H39N3O4/c1-3-18-38-30-16-15-26(19-24(30)2)22-35(29-14-7-8-17-33-32(29)37)31(36)23-39-28-13-9-10-25(20-28)21-34-27-11-5-4-6-12-27/h4-6,9-13,15-16,19-20,29,34H,3,7-8,14,17-18,21-23H2,1-2H3,(H,33,37)/t29-/m0/s1. The van der Waals surface area contributed by atoms with E-state index in [1.807, 2.05) is 79.7 Å². The summed E-state index contributed by atoms with van der Waals surface area (Å²) in [7, 11) is 0. The SMILES string of the molecule is CCCOc1ccc(CN(C(=O)COc2cccc(CNc3ccccc3)c2)[C@H]2CCCCNC2=O)cc1C. The maximum Gasteiger partial charge on any atom is 0.261 e. The average Bonchev–Trinajstić information content (AvgIpc) is 3.18. The predicted molar refractivity (Wildman–Crippen MR) is 154 cm³/mol. The molecule has 7 heteroatoms. The van der Waals surface area contributed by atoms with Crippen LogP contribution in [0.4, 0.5) is 5.69 Å². The topological polar surface area (TPSA) is 79.9 Å². The number of carbonyl (C=O) groups excluding carboxylic acids is 2. The summed E-state index contributed by atoms with van der Waals surface area (Å²) in [6, 6.07) is 23.1. The second-order valence-electron chi connectivity index (χ2n) is 9.93. The van der Waals surface area contributed by atoms with E-state index in [9.17, 15) is 9.59 Å². The molecule has 1 aliphatic heterocycles. The molecule has 3 aromatic carbocycles. The number of benzene rings is 3. The predicted octanol–water partition coefficient (Wildman–Crippen LogP) is 5.47. The Bertz CT molecular complexity index is 1230.